The molecule has 8 heteroatoms. The van der Waals surface area contributed by atoms with Gasteiger partial charge in [0, 0.05) is 0 Å². The summed E-state index contributed by atoms with van der Waals surface area (Å²) in [5.41, 5.74) is 3.05. The number of ether oxygens (including phenoxy) is 2. The van der Waals surface area contributed by atoms with Gasteiger partial charge < -0.3 is 14.8 Å². The molecule has 1 aliphatic rings. The molecule has 1 atom stereocenters. The number of amides is 1. The maximum Gasteiger partial charge on any atom is 0.264 e. The Morgan fingerprint density at radius 3 is 2.41 bits per heavy atom. The zero-order valence-corrected chi connectivity index (χ0v) is 20.3. The monoisotopic (exact) mass is 480 g/mol. The number of fused-ring (bicyclic) bond motifs is 1. The molecule has 0 fully saturated rings. The van der Waals surface area contributed by atoms with Gasteiger partial charge in [-0.15, -0.1) is 0 Å². The molecule has 0 saturated heterocycles. The SMILES string of the molecule is Cc1cccc(N(CC(=O)NC(C)c2ccc3c(c2)OCCO3)S(=O)(=O)c2ccccc2)c1C. The van der Waals surface area contributed by atoms with Crippen LogP contribution in [0.3, 0.4) is 0 Å². The summed E-state index contributed by atoms with van der Waals surface area (Å²) in [5, 5.41) is 2.92. The van der Waals surface area contributed by atoms with Crippen molar-refractivity contribution in [3.05, 3.63) is 83.4 Å². The standard InChI is InChI=1S/C26H28N2O5S/c1-18-8-7-11-23(19(18)2)28(34(30,31)22-9-5-4-6-10-22)17-26(29)27-20(3)21-12-13-24-25(16-21)33-15-14-32-24/h4-13,16,20H,14-15,17H2,1-3H3,(H,27,29). The summed E-state index contributed by atoms with van der Waals surface area (Å²) in [4.78, 5) is 13.2. The number of benzene rings is 3. The topological polar surface area (TPSA) is 84.9 Å². The highest BCUT2D eigenvalue weighted by molar-refractivity contribution is 7.92. The van der Waals surface area contributed by atoms with Crippen LogP contribution in [0, 0.1) is 13.8 Å². The highest BCUT2D eigenvalue weighted by Crippen LogP contribution is 2.33. The van der Waals surface area contributed by atoms with Crippen LogP contribution in [0.5, 0.6) is 11.5 Å². The molecule has 34 heavy (non-hydrogen) atoms. The average Bonchev–Trinajstić information content (AvgIpc) is 2.84. The van der Waals surface area contributed by atoms with Crippen LogP contribution in [0.25, 0.3) is 0 Å². The third-order valence-electron chi connectivity index (χ3n) is 5.91. The van der Waals surface area contributed by atoms with Crippen molar-refractivity contribution in [2.75, 3.05) is 24.1 Å². The first kappa shape index (κ1) is 23.6. The maximum absolute atomic E-state index is 13.6. The molecule has 1 N–H and O–H groups in total. The number of nitrogens with zero attached hydrogens (tertiary/aromatic N) is 1. The van der Waals surface area contributed by atoms with E-state index in [4.69, 9.17) is 9.47 Å². The van der Waals surface area contributed by atoms with Gasteiger partial charge in [0.05, 0.1) is 16.6 Å². The summed E-state index contributed by atoms with van der Waals surface area (Å²) in [5.74, 6) is 0.889. The fourth-order valence-corrected chi connectivity index (χ4v) is 5.35. The summed E-state index contributed by atoms with van der Waals surface area (Å²) in [6.07, 6.45) is 0. The average molecular weight is 481 g/mol. The van der Waals surface area contributed by atoms with E-state index in [1.165, 1.54) is 16.4 Å². The molecule has 1 aliphatic heterocycles. The molecule has 1 heterocycles. The van der Waals surface area contributed by atoms with Gasteiger partial charge in [0.25, 0.3) is 10.0 Å². The lowest BCUT2D eigenvalue weighted by molar-refractivity contribution is -0.120. The first-order valence-electron chi connectivity index (χ1n) is 11.1. The molecule has 0 spiro atoms. The number of hydrogen-bond donors (Lipinski definition) is 1. The maximum atomic E-state index is 13.6. The van der Waals surface area contributed by atoms with Crippen molar-refractivity contribution in [2.45, 2.75) is 31.7 Å². The van der Waals surface area contributed by atoms with E-state index in [1.54, 1.807) is 30.3 Å². The van der Waals surface area contributed by atoms with Crippen LogP contribution in [0.2, 0.25) is 0 Å². The van der Waals surface area contributed by atoms with Gasteiger partial charge in [0.2, 0.25) is 5.91 Å². The van der Waals surface area contributed by atoms with Crippen LogP contribution in [-0.4, -0.2) is 34.1 Å². The van der Waals surface area contributed by atoms with Gasteiger partial charge in [0.1, 0.15) is 19.8 Å². The summed E-state index contributed by atoms with van der Waals surface area (Å²) >= 11 is 0. The minimum absolute atomic E-state index is 0.128. The van der Waals surface area contributed by atoms with Crippen LogP contribution >= 0.6 is 0 Å². The van der Waals surface area contributed by atoms with E-state index in [9.17, 15) is 13.2 Å². The Kier molecular flexibility index (Phi) is 6.79. The Balaban J connectivity index is 1.60. The molecule has 3 aromatic carbocycles. The number of aryl methyl sites for hydroxylation is 1. The molecule has 0 aromatic heterocycles. The minimum Gasteiger partial charge on any atom is -0.486 e. The Morgan fingerprint density at radius 2 is 1.68 bits per heavy atom. The van der Waals surface area contributed by atoms with Crippen molar-refractivity contribution < 1.29 is 22.7 Å². The molecular weight excluding hydrogens is 452 g/mol. The zero-order valence-electron chi connectivity index (χ0n) is 19.4. The third-order valence-corrected chi connectivity index (χ3v) is 7.68. The predicted octanol–water partition coefficient (Wildman–Crippen LogP) is 4.15. The summed E-state index contributed by atoms with van der Waals surface area (Å²) in [6, 6.07) is 18.7. The largest absolute Gasteiger partial charge is 0.486 e. The highest BCUT2D eigenvalue weighted by Gasteiger charge is 2.29. The fourth-order valence-electron chi connectivity index (χ4n) is 3.86. The summed E-state index contributed by atoms with van der Waals surface area (Å²) in [6.45, 7) is 6.24. The first-order chi connectivity index (χ1) is 16.3. The second kappa shape index (κ2) is 9.77. The molecule has 7 nitrogen and oxygen atoms in total. The van der Waals surface area contributed by atoms with Gasteiger partial charge >= 0.3 is 0 Å². The van der Waals surface area contributed by atoms with Gasteiger partial charge in [-0.2, -0.15) is 0 Å². The minimum atomic E-state index is -3.96. The van der Waals surface area contributed by atoms with Gasteiger partial charge in [-0.3, -0.25) is 9.10 Å². The molecule has 0 bridgehead atoms. The normalized spacial score (nSPS) is 13.7. The number of sulfonamides is 1. The van der Waals surface area contributed by atoms with Crippen molar-refractivity contribution >= 4 is 21.6 Å². The van der Waals surface area contributed by atoms with Gasteiger partial charge in [-0.25, -0.2) is 8.42 Å². The number of hydrogen-bond acceptors (Lipinski definition) is 5. The van der Waals surface area contributed by atoms with E-state index in [0.717, 1.165) is 16.7 Å². The van der Waals surface area contributed by atoms with Crippen LogP contribution in [0.4, 0.5) is 5.69 Å². The molecular formula is C26H28N2O5S. The number of carbonyl (C=O) groups is 1. The van der Waals surface area contributed by atoms with E-state index in [1.807, 2.05) is 45.0 Å². The van der Waals surface area contributed by atoms with Crippen LogP contribution in [0.1, 0.15) is 29.7 Å². The first-order valence-corrected chi connectivity index (χ1v) is 12.5. The molecule has 4 rings (SSSR count). The molecule has 0 saturated carbocycles. The van der Waals surface area contributed by atoms with Crippen LogP contribution in [0.15, 0.2) is 71.6 Å². The molecule has 0 radical (unpaired) electrons. The lowest BCUT2D eigenvalue weighted by Crippen LogP contribution is -2.42. The molecule has 1 amide bonds. The van der Waals surface area contributed by atoms with Crippen molar-refractivity contribution in [1.82, 2.24) is 5.32 Å². The van der Waals surface area contributed by atoms with Crippen LogP contribution in [-0.2, 0) is 14.8 Å². The van der Waals surface area contributed by atoms with Crippen molar-refractivity contribution in [3.8, 4) is 11.5 Å². The van der Waals surface area contributed by atoms with E-state index in [-0.39, 0.29) is 17.5 Å². The van der Waals surface area contributed by atoms with E-state index in [0.29, 0.717) is 30.4 Å². The molecule has 178 valence electrons. The van der Waals surface area contributed by atoms with Gasteiger partial charge in [-0.05, 0) is 67.8 Å². The van der Waals surface area contributed by atoms with E-state index >= 15 is 0 Å². The second-order valence-corrected chi connectivity index (χ2v) is 10.1. The van der Waals surface area contributed by atoms with Gasteiger partial charge in [0.15, 0.2) is 11.5 Å². The van der Waals surface area contributed by atoms with Crippen LogP contribution < -0.4 is 19.1 Å². The Bertz CT molecular complexity index is 1290. The summed E-state index contributed by atoms with van der Waals surface area (Å²) in [7, 11) is -3.96. The molecule has 3 aromatic rings. The number of carbonyl (C=O) groups excluding carboxylic acids is 1. The number of nitrogens with one attached hydrogen (secondary N) is 1. The highest BCUT2D eigenvalue weighted by atomic mass is 32.2. The zero-order chi connectivity index (χ0) is 24.3. The van der Waals surface area contributed by atoms with Crippen molar-refractivity contribution in [3.63, 3.8) is 0 Å². The number of anilines is 1. The summed E-state index contributed by atoms with van der Waals surface area (Å²) < 4.78 is 39.5. The lowest BCUT2D eigenvalue weighted by atomic mass is 10.1. The molecule has 1 unspecified atom stereocenters. The Labute approximate surface area is 200 Å². The second-order valence-electron chi connectivity index (χ2n) is 8.24. The predicted molar refractivity (Wildman–Crippen MR) is 131 cm³/mol. The molecule has 0 aliphatic carbocycles. The Hall–Kier alpha value is -3.52. The fraction of sp³-hybridized carbons (Fsp3) is 0.269. The van der Waals surface area contributed by atoms with E-state index < -0.39 is 15.9 Å². The third kappa shape index (κ3) is 4.87. The quantitative estimate of drug-likeness (QED) is 0.549. The Morgan fingerprint density at radius 1 is 0.971 bits per heavy atom. The smallest absolute Gasteiger partial charge is 0.264 e. The van der Waals surface area contributed by atoms with E-state index in [2.05, 4.69) is 5.32 Å². The van der Waals surface area contributed by atoms with Crippen molar-refractivity contribution in [2.24, 2.45) is 0 Å². The van der Waals surface area contributed by atoms with Gasteiger partial charge in [-0.1, -0.05) is 36.4 Å². The van der Waals surface area contributed by atoms with Crippen molar-refractivity contribution in [1.29, 1.82) is 0 Å². The lowest BCUT2D eigenvalue weighted by Gasteiger charge is -2.27. The number of rotatable bonds is 7.